The van der Waals surface area contributed by atoms with Gasteiger partial charge in [-0.05, 0) is 36.6 Å². The van der Waals surface area contributed by atoms with Gasteiger partial charge < -0.3 is 10.4 Å². The fraction of sp³-hybridized carbons (Fsp3) is 0.600. The summed E-state index contributed by atoms with van der Waals surface area (Å²) in [5.41, 5.74) is -0.835. The van der Waals surface area contributed by atoms with Crippen LogP contribution in [0.3, 0.4) is 0 Å². The third-order valence-corrected chi connectivity index (χ3v) is 3.91. The molecule has 0 unspecified atom stereocenters. The zero-order valence-electron chi connectivity index (χ0n) is 12.6. The van der Waals surface area contributed by atoms with Crippen molar-refractivity contribution in [3.63, 3.8) is 0 Å². The van der Waals surface area contributed by atoms with Gasteiger partial charge in [-0.15, -0.1) is 12.4 Å². The van der Waals surface area contributed by atoms with E-state index >= 15 is 0 Å². The lowest BCUT2D eigenvalue weighted by molar-refractivity contribution is -0.138. The minimum atomic E-state index is -4.52. The molecule has 23 heavy (non-hydrogen) atoms. The highest BCUT2D eigenvalue weighted by Crippen LogP contribution is 2.38. The lowest BCUT2D eigenvalue weighted by atomic mass is 9.94. The molecule has 0 spiro atoms. The molecule has 1 aromatic carbocycles. The third-order valence-electron chi connectivity index (χ3n) is 3.91. The van der Waals surface area contributed by atoms with E-state index < -0.39 is 23.6 Å². The molecule has 2 N–H and O–H groups in total. The summed E-state index contributed by atoms with van der Waals surface area (Å²) in [6, 6.07) is 2.08. The molecule has 1 heterocycles. The van der Waals surface area contributed by atoms with E-state index in [1.165, 1.54) is 0 Å². The molecule has 1 aliphatic rings. The number of aliphatic hydroxyl groups is 1. The lowest BCUT2D eigenvalue weighted by Gasteiger charge is -2.36. The Morgan fingerprint density at radius 2 is 1.87 bits per heavy atom. The van der Waals surface area contributed by atoms with Gasteiger partial charge in [-0.3, -0.25) is 4.90 Å². The second-order valence-corrected chi connectivity index (χ2v) is 5.40. The first kappa shape index (κ1) is 20.2. The Balaban J connectivity index is 0.00000264. The number of hydrogen-bond acceptors (Lipinski definition) is 3. The Kier molecular flexibility index (Phi) is 7.73. The van der Waals surface area contributed by atoms with Crippen molar-refractivity contribution in [2.75, 3.05) is 32.8 Å². The summed E-state index contributed by atoms with van der Waals surface area (Å²) in [6.07, 6.45) is -3.78. The lowest BCUT2D eigenvalue weighted by Crippen LogP contribution is -2.45. The SMILES string of the molecule is Cl.OCCC[C@@H](c1cc(F)ccc1C(F)(F)F)N1CCNCC1. The van der Waals surface area contributed by atoms with Crippen molar-refractivity contribution in [1.29, 1.82) is 0 Å². The van der Waals surface area contributed by atoms with Crippen molar-refractivity contribution in [1.82, 2.24) is 10.2 Å². The molecular formula is C15H21ClF4N2O. The highest BCUT2D eigenvalue weighted by atomic mass is 35.5. The Morgan fingerprint density at radius 3 is 2.43 bits per heavy atom. The van der Waals surface area contributed by atoms with E-state index in [4.69, 9.17) is 5.11 Å². The number of rotatable bonds is 5. The standard InChI is InChI=1S/C15H20F4N2O.ClH/c16-11-3-4-13(15(17,18)19)12(10-11)14(2-1-9-22)21-7-5-20-6-8-21;/h3-4,10,14,20,22H,1-2,5-9H2;1H/t14-;/m0./s1. The number of piperazine rings is 1. The fourth-order valence-electron chi connectivity index (χ4n) is 2.88. The summed E-state index contributed by atoms with van der Waals surface area (Å²) in [4.78, 5) is 1.93. The van der Waals surface area contributed by atoms with E-state index in [2.05, 4.69) is 5.32 Å². The van der Waals surface area contributed by atoms with Crippen LogP contribution >= 0.6 is 12.4 Å². The Bertz CT molecular complexity index is 493. The van der Waals surface area contributed by atoms with Gasteiger partial charge in [0.05, 0.1) is 5.56 Å². The molecule has 1 fully saturated rings. The maximum absolute atomic E-state index is 13.5. The molecular weight excluding hydrogens is 336 g/mol. The van der Waals surface area contributed by atoms with Crippen LogP contribution in [0.4, 0.5) is 17.6 Å². The highest BCUT2D eigenvalue weighted by molar-refractivity contribution is 5.85. The Morgan fingerprint density at radius 1 is 1.22 bits per heavy atom. The largest absolute Gasteiger partial charge is 0.416 e. The average Bonchev–Trinajstić information content (AvgIpc) is 2.47. The predicted molar refractivity (Wildman–Crippen MR) is 82.2 cm³/mol. The molecule has 0 radical (unpaired) electrons. The van der Waals surface area contributed by atoms with Gasteiger partial charge in [0.25, 0.3) is 0 Å². The van der Waals surface area contributed by atoms with E-state index in [1.807, 2.05) is 4.90 Å². The van der Waals surface area contributed by atoms with E-state index in [0.717, 1.165) is 18.2 Å². The summed E-state index contributed by atoms with van der Waals surface area (Å²) in [5, 5.41) is 12.2. The first-order valence-corrected chi connectivity index (χ1v) is 7.35. The second-order valence-electron chi connectivity index (χ2n) is 5.40. The van der Waals surface area contributed by atoms with Crippen molar-refractivity contribution < 1.29 is 22.7 Å². The molecule has 0 aromatic heterocycles. The molecule has 132 valence electrons. The molecule has 1 atom stereocenters. The summed E-state index contributed by atoms with van der Waals surface area (Å²) < 4.78 is 53.2. The van der Waals surface area contributed by atoms with E-state index in [1.54, 1.807) is 0 Å². The molecule has 0 saturated carbocycles. The number of benzene rings is 1. The maximum Gasteiger partial charge on any atom is 0.416 e. The predicted octanol–water partition coefficient (Wildman–Crippen LogP) is 2.99. The van der Waals surface area contributed by atoms with Gasteiger partial charge >= 0.3 is 6.18 Å². The minimum absolute atomic E-state index is 0. The molecule has 1 aromatic rings. The van der Waals surface area contributed by atoms with Crippen molar-refractivity contribution in [3.05, 3.63) is 35.1 Å². The molecule has 0 aliphatic carbocycles. The van der Waals surface area contributed by atoms with Crippen LogP contribution in [-0.4, -0.2) is 42.8 Å². The van der Waals surface area contributed by atoms with Crippen LogP contribution < -0.4 is 5.32 Å². The first-order chi connectivity index (χ1) is 10.4. The quantitative estimate of drug-likeness (QED) is 0.796. The van der Waals surface area contributed by atoms with Crippen LogP contribution in [0.15, 0.2) is 18.2 Å². The molecule has 8 heteroatoms. The topological polar surface area (TPSA) is 35.5 Å². The van der Waals surface area contributed by atoms with Crippen LogP contribution in [0, 0.1) is 5.82 Å². The van der Waals surface area contributed by atoms with E-state index in [-0.39, 0.29) is 24.6 Å². The van der Waals surface area contributed by atoms with Gasteiger partial charge in [0.15, 0.2) is 0 Å². The van der Waals surface area contributed by atoms with Crippen LogP contribution in [-0.2, 0) is 6.18 Å². The average molecular weight is 357 g/mol. The second kappa shape index (κ2) is 8.82. The summed E-state index contributed by atoms with van der Waals surface area (Å²) in [7, 11) is 0. The summed E-state index contributed by atoms with van der Waals surface area (Å²) in [6.45, 7) is 2.48. The number of nitrogens with one attached hydrogen (secondary N) is 1. The van der Waals surface area contributed by atoms with Gasteiger partial charge in [0, 0.05) is 38.8 Å². The summed E-state index contributed by atoms with van der Waals surface area (Å²) in [5.74, 6) is -0.674. The van der Waals surface area contributed by atoms with E-state index in [9.17, 15) is 17.6 Å². The monoisotopic (exact) mass is 356 g/mol. The van der Waals surface area contributed by atoms with Gasteiger partial charge in [-0.2, -0.15) is 13.2 Å². The molecule has 1 saturated heterocycles. The van der Waals surface area contributed by atoms with Crippen LogP contribution in [0.1, 0.15) is 30.0 Å². The molecule has 1 aliphatic heterocycles. The number of alkyl halides is 3. The van der Waals surface area contributed by atoms with Crippen molar-refractivity contribution >= 4 is 12.4 Å². The van der Waals surface area contributed by atoms with Gasteiger partial charge in [-0.25, -0.2) is 4.39 Å². The number of nitrogens with zero attached hydrogens (tertiary/aromatic N) is 1. The number of halogens is 5. The van der Waals surface area contributed by atoms with Crippen molar-refractivity contribution in [2.45, 2.75) is 25.1 Å². The minimum Gasteiger partial charge on any atom is -0.396 e. The number of aliphatic hydroxyl groups excluding tert-OH is 1. The third kappa shape index (κ3) is 5.31. The molecule has 0 bridgehead atoms. The molecule has 2 rings (SSSR count). The van der Waals surface area contributed by atoms with Gasteiger partial charge in [0.2, 0.25) is 0 Å². The van der Waals surface area contributed by atoms with Gasteiger partial charge in [0.1, 0.15) is 5.82 Å². The van der Waals surface area contributed by atoms with E-state index in [0.29, 0.717) is 39.0 Å². The van der Waals surface area contributed by atoms with Crippen LogP contribution in [0.2, 0.25) is 0 Å². The van der Waals surface area contributed by atoms with Crippen molar-refractivity contribution in [3.8, 4) is 0 Å². The first-order valence-electron chi connectivity index (χ1n) is 7.35. The maximum atomic E-state index is 13.5. The Hall–Kier alpha value is -0.890. The Labute approximate surface area is 139 Å². The van der Waals surface area contributed by atoms with Crippen LogP contribution in [0.5, 0.6) is 0 Å². The van der Waals surface area contributed by atoms with Crippen LogP contribution in [0.25, 0.3) is 0 Å². The van der Waals surface area contributed by atoms with Crippen molar-refractivity contribution in [2.24, 2.45) is 0 Å². The molecule has 3 nitrogen and oxygen atoms in total. The molecule has 0 amide bonds. The smallest absolute Gasteiger partial charge is 0.396 e. The summed E-state index contributed by atoms with van der Waals surface area (Å²) >= 11 is 0. The zero-order valence-corrected chi connectivity index (χ0v) is 13.4. The fourth-order valence-corrected chi connectivity index (χ4v) is 2.88. The zero-order chi connectivity index (χ0) is 16.2. The number of hydrogen-bond donors (Lipinski definition) is 2. The highest BCUT2D eigenvalue weighted by Gasteiger charge is 2.36. The normalized spacial score (nSPS) is 17.6. The van der Waals surface area contributed by atoms with Gasteiger partial charge in [-0.1, -0.05) is 0 Å².